The Hall–Kier alpha value is -1.49. The van der Waals surface area contributed by atoms with Gasteiger partial charge in [-0.25, -0.2) is 8.78 Å². The zero-order chi connectivity index (χ0) is 15.3. The van der Waals surface area contributed by atoms with Crippen molar-refractivity contribution in [1.29, 1.82) is 0 Å². The maximum atomic E-state index is 13.5. The molecule has 1 atom stereocenters. The zero-order valence-electron chi connectivity index (χ0n) is 12.4. The lowest BCUT2D eigenvalue weighted by atomic mass is 10.1. The Morgan fingerprint density at radius 3 is 2.30 bits per heavy atom. The first-order chi connectivity index (χ1) is 9.20. The molecule has 0 saturated carbocycles. The quantitative estimate of drug-likeness (QED) is 0.873. The van der Waals surface area contributed by atoms with E-state index in [0.29, 0.717) is 6.54 Å². The number of hydrogen-bond acceptors (Lipinski definition) is 2. The summed E-state index contributed by atoms with van der Waals surface area (Å²) in [7, 11) is 0. The molecular weight excluding hydrogens is 262 g/mol. The van der Waals surface area contributed by atoms with Crippen molar-refractivity contribution in [3.63, 3.8) is 0 Å². The highest BCUT2D eigenvalue weighted by Crippen LogP contribution is 2.19. The van der Waals surface area contributed by atoms with Crippen molar-refractivity contribution >= 4 is 5.91 Å². The van der Waals surface area contributed by atoms with Gasteiger partial charge in [0.25, 0.3) is 0 Å². The van der Waals surface area contributed by atoms with Crippen LogP contribution in [0.4, 0.5) is 8.78 Å². The van der Waals surface area contributed by atoms with Crippen LogP contribution in [0.5, 0.6) is 0 Å². The summed E-state index contributed by atoms with van der Waals surface area (Å²) in [5, 5.41) is 5.78. The van der Waals surface area contributed by atoms with Crippen LogP contribution in [0.2, 0.25) is 0 Å². The summed E-state index contributed by atoms with van der Waals surface area (Å²) in [6, 6.07) is 3.29. The van der Waals surface area contributed by atoms with Gasteiger partial charge < -0.3 is 10.6 Å². The highest BCUT2D eigenvalue weighted by Gasteiger charge is 2.17. The summed E-state index contributed by atoms with van der Waals surface area (Å²) >= 11 is 0. The van der Waals surface area contributed by atoms with Crippen LogP contribution in [-0.2, 0) is 4.79 Å². The lowest BCUT2D eigenvalue weighted by molar-refractivity contribution is -0.122. The first-order valence-electron chi connectivity index (χ1n) is 6.69. The van der Waals surface area contributed by atoms with E-state index in [-0.39, 0.29) is 23.4 Å². The highest BCUT2D eigenvalue weighted by molar-refractivity contribution is 5.76. The van der Waals surface area contributed by atoms with E-state index in [0.717, 1.165) is 0 Å². The fraction of sp³-hybridized carbons (Fsp3) is 0.533. The van der Waals surface area contributed by atoms with Gasteiger partial charge in [0.15, 0.2) is 0 Å². The fourth-order valence-corrected chi connectivity index (χ4v) is 1.91. The number of amides is 1. The molecule has 0 spiro atoms. The molecular formula is C15H22F2N2O. The molecule has 0 saturated heterocycles. The summed E-state index contributed by atoms with van der Waals surface area (Å²) in [5.74, 6) is -1.25. The average molecular weight is 284 g/mol. The molecule has 0 bridgehead atoms. The molecule has 1 amide bonds. The van der Waals surface area contributed by atoms with E-state index >= 15 is 0 Å². The first kappa shape index (κ1) is 16.6. The Kier molecular flexibility index (Phi) is 5.62. The smallest absolute Gasteiger partial charge is 0.221 e. The van der Waals surface area contributed by atoms with Gasteiger partial charge in [-0.1, -0.05) is 6.07 Å². The van der Waals surface area contributed by atoms with E-state index in [1.807, 2.05) is 20.8 Å². The molecule has 2 N–H and O–H groups in total. The maximum absolute atomic E-state index is 13.5. The van der Waals surface area contributed by atoms with E-state index in [9.17, 15) is 13.6 Å². The molecule has 0 aliphatic rings. The van der Waals surface area contributed by atoms with Gasteiger partial charge in [-0.2, -0.15) is 0 Å². The summed E-state index contributed by atoms with van der Waals surface area (Å²) in [5.41, 5.74) is -0.274. The van der Waals surface area contributed by atoms with Gasteiger partial charge in [-0.3, -0.25) is 4.79 Å². The van der Waals surface area contributed by atoms with Crippen LogP contribution < -0.4 is 10.6 Å². The van der Waals surface area contributed by atoms with Crippen molar-refractivity contribution < 1.29 is 13.6 Å². The molecule has 1 aromatic carbocycles. The van der Waals surface area contributed by atoms with E-state index in [2.05, 4.69) is 10.6 Å². The molecule has 20 heavy (non-hydrogen) atoms. The van der Waals surface area contributed by atoms with Crippen LogP contribution in [0.15, 0.2) is 18.2 Å². The van der Waals surface area contributed by atoms with Crippen LogP contribution in [0.3, 0.4) is 0 Å². The van der Waals surface area contributed by atoms with Crippen molar-refractivity contribution in [2.24, 2.45) is 0 Å². The summed E-state index contributed by atoms with van der Waals surface area (Å²) in [6.07, 6.45) is 0.262. The molecule has 3 nitrogen and oxygen atoms in total. The van der Waals surface area contributed by atoms with Crippen LogP contribution in [0, 0.1) is 11.6 Å². The molecule has 0 aliphatic heterocycles. The van der Waals surface area contributed by atoms with Gasteiger partial charge in [0.1, 0.15) is 11.6 Å². The van der Waals surface area contributed by atoms with Crippen molar-refractivity contribution in [3.05, 3.63) is 35.4 Å². The Balaban J connectivity index is 2.48. The molecule has 1 unspecified atom stereocenters. The predicted octanol–water partition coefficient (Wildman–Crippen LogP) is 2.92. The second-order valence-corrected chi connectivity index (χ2v) is 5.86. The number of rotatable bonds is 5. The number of carbonyl (C=O) groups is 1. The van der Waals surface area contributed by atoms with Crippen LogP contribution in [0.25, 0.3) is 0 Å². The number of halogens is 2. The van der Waals surface area contributed by atoms with Crippen molar-refractivity contribution in [2.45, 2.75) is 45.7 Å². The molecule has 112 valence electrons. The summed E-state index contributed by atoms with van der Waals surface area (Å²) in [4.78, 5) is 11.6. The molecule has 1 aromatic rings. The minimum absolute atomic E-state index is 0.00345. The molecule has 0 fully saturated rings. The second-order valence-electron chi connectivity index (χ2n) is 5.86. The van der Waals surface area contributed by atoms with E-state index in [1.54, 1.807) is 6.92 Å². The molecule has 5 heteroatoms. The molecule has 0 aliphatic carbocycles. The summed E-state index contributed by atoms with van der Waals surface area (Å²) in [6.45, 7) is 7.72. The Morgan fingerprint density at radius 1 is 1.25 bits per heavy atom. The highest BCUT2D eigenvalue weighted by atomic mass is 19.1. The second kappa shape index (κ2) is 6.79. The van der Waals surface area contributed by atoms with Gasteiger partial charge in [-0.15, -0.1) is 0 Å². The standard InChI is InChI=1S/C15H22F2N2O/c1-10(14-11(16)6-5-7-12(14)17)18-9-8-13(20)19-15(2,3)4/h5-7,10,18H,8-9H2,1-4H3,(H,19,20). The SMILES string of the molecule is CC(NCCC(=O)NC(C)(C)C)c1c(F)cccc1F. The molecule has 1 rings (SSSR count). The fourth-order valence-electron chi connectivity index (χ4n) is 1.91. The average Bonchev–Trinajstić information content (AvgIpc) is 2.26. The van der Waals surface area contributed by atoms with Crippen LogP contribution >= 0.6 is 0 Å². The van der Waals surface area contributed by atoms with Gasteiger partial charge in [0, 0.05) is 30.1 Å². The molecule has 0 radical (unpaired) electrons. The summed E-state index contributed by atoms with van der Waals surface area (Å²) < 4.78 is 27.1. The number of carbonyl (C=O) groups excluding carboxylic acids is 1. The minimum Gasteiger partial charge on any atom is -0.351 e. The zero-order valence-corrected chi connectivity index (χ0v) is 12.4. The van der Waals surface area contributed by atoms with Crippen LogP contribution in [0.1, 0.15) is 45.7 Å². The Morgan fingerprint density at radius 2 is 1.80 bits per heavy atom. The van der Waals surface area contributed by atoms with E-state index in [4.69, 9.17) is 0 Å². The maximum Gasteiger partial charge on any atom is 0.221 e. The van der Waals surface area contributed by atoms with Crippen molar-refractivity contribution in [1.82, 2.24) is 10.6 Å². The number of benzene rings is 1. The molecule has 0 heterocycles. The third kappa shape index (κ3) is 5.25. The van der Waals surface area contributed by atoms with Gasteiger partial charge in [-0.05, 0) is 39.8 Å². The monoisotopic (exact) mass is 284 g/mol. The largest absolute Gasteiger partial charge is 0.351 e. The van der Waals surface area contributed by atoms with Crippen molar-refractivity contribution in [3.8, 4) is 0 Å². The number of hydrogen-bond donors (Lipinski definition) is 2. The lowest BCUT2D eigenvalue weighted by Crippen LogP contribution is -2.41. The van der Waals surface area contributed by atoms with Crippen LogP contribution in [-0.4, -0.2) is 18.0 Å². The van der Waals surface area contributed by atoms with Gasteiger partial charge in [0.05, 0.1) is 0 Å². The molecule has 0 aromatic heterocycles. The lowest BCUT2D eigenvalue weighted by Gasteiger charge is -2.21. The van der Waals surface area contributed by atoms with Crippen molar-refractivity contribution in [2.75, 3.05) is 6.54 Å². The third-order valence-electron chi connectivity index (χ3n) is 2.75. The van der Waals surface area contributed by atoms with E-state index < -0.39 is 17.7 Å². The van der Waals surface area contributed by atoms with E-state index in [1.165, 1.54) is 18.2 Å². The first-order valence-corrected chi connectivity index (χ1v) is 6.69. The van der Waals surface area contributed by atoms with Gasteiger partial charge in [0.2, 0.25) is 5.91 Å². The topological polar surface area (TPSA) is 41.1 Å². The Labute approximate surface area is 118 Å². The third-order valence-corrected chi connectivity index (χ3v) is 2.75. The minimum atomic E-state index is -0.579. The predicted molar refractivity (Wildman–Crippen MR) is 75.3 cm³/mol. The number of nitrogens with one attached hydrogen (secondary N) is 2. The van der Waals surface area contributed by atoms with Gasteiger partial charge >= 0.3 is 0 Å². The normalized spacial score (nSPS) is 13.1. The Bertz CT molecular complexity index is 449.